The summed E-state index contributed by atoms with van der Waals surface area (Å²) in [6.07, 6.45) is 0.962. The SMILES string of the molecule is CCCSC(O)C(=O)c1ccccc1. The van der Waals surface area contributed by atoms with Crippen LogP contribution in [0.2, 0.25) is 0 Å². The van der Waals surface area contributed by atoms with Gasteiger partial charge in [-0.1, -0.05) is 37.3 Å². The van der Waals surface area contributed by atoms with E-state index in [0.29, 0.717) is 5.56 Å². The van der Waals surface area contributed by atoms with Crippen molar-refractivity contribution in [1.29, 1.82) is 0 Å². The molecule has 14 heavy (non-hydrogen) atoms. The molecule has 0 aromatic heterocycles. The van der Waals surface area contributed by atoms with E-state index in [-0.39, 0.29) is 5.78 Å². The van der Waals surface area contributed by atoms with Crippen molar-refractivity contribution in [3.05, 3.63) is 35.9 Å². The molecule has 0 aliphatic heterocycles. The van der Waals surface area contributed by atoms with Gasteiger partial charge >= 0.3 is 0 Å². The molecule has 2 nitrogen and oxygen atoms in total. The highest BCUT2D eigenvalue weighted by Gasteiger charge is 2.16. The number of thioether (sulfide) groups is 1. The number of benzene rings is 1. The van der Waals surface area contributed by atoms with Crippen LogP contribution in [0.25, 0.3) is 0 Å². The van der Waals surface area contributed by atoms with Gasteiger partial charge in [0.15, 0.2) is 5.44 Å². The maximum Gasteiger partial charge on any atom is 0.201 e. The predicted molar refractivity (Wildman–Crippen MR) is 59.5 cm³/mol. The summed E-state index contributed by atoms with van der Waals surface area (Å²) in [5.41, 5.74) is -0.346. The van der Waals surface area contributed by atoms with Crippen LogP contribution in [0.3, 0.4) is 0 Å². The van der Waals surface area contributed by atoms with E-state index in [1.807, 2.05) is 13.0 Å². The van der Waals surface area contributed by atoms with Gasteiger partial charge in [0.05, 0.1) is 0 Å². The van der Waals surface area contributed by atoms with Gasteiger partial charge in [-0.05, 0) is 12.2 Å². The fourth-order valence-electron chi connectivity index (χ4n) is 1.05. The third-order valence-electron chi connectivity index (χ3n) is 1.76. The van der Waals surface area contributed by atoms with Gasteiger partial charge in [0, 0.05) is 5.56 Å². The fourth-order valence-corrected chi connectivity index (χ4v) is 1.80. The van der Waals surface area contributed by atoms with Gasteiger partial charge in [-0.15, -0.1) is 11.8 Å². The zero-order valence-electron chi connectivity index (χ0n) is 8.14. The number of hydrogen-bond donors (Lipinski definition) is 1. The maximum absolute atomic E-state index is 11.6. The van der Waals surface area contributed by atoms with Crippen LogP contribution in [0.4, 0.5) is 0 Å². The lowest BCUT2D eigenvalue weighted by molar-refractivity contribution is 0.0868. The minimum atomic E-state index is -0.919. The molecule has 1 N–H and O–H groups in total. The number of Topliss-reactive ketones (excluding diaryl/α,β-unsaturated/α-hetero) is 1. The predicted octanol–water partition coefficient (Wildman–Crippen LogP) is 2.33. The number of aliphatic hydroxyl groups is 1. The standard InChI is InChI=1S/C11H14O2S/c1-2-8-14-11(13)10(12)9-6-4-3-5-7-9/h3-7,11,13H,2,8H2,1H3. The van der Waals surface area contributed by atoms with E-state index in [4.69, 9.17) is 0 Å². The van der Waals surface area contributed by atoms with Gasteiger partial charge in [0.25, 0.3) is 0 Å². The molecular weight excluding hydrogens is 196 g/mol. The monoisotopic (exact) mass is 210 g/mol. The molecule has 0 spiro atoms. The summed E-state index contributed by atoms with van der Waals surface area (Å²) >= 11 is 1.29. The molecule has 1 aromatic carbocycles. The van der Waals surface area contributed by atoms with Crippen LogP contribution in [0.5, 0.6) is 0 Å². The van der Waals surface area contributed by atoms with Crippen molar-refractivity contribution in [3.63, 3.8) is 0 Å². The van der Waals surface area contributed by atoms with E-state index < -0.39 is 5.44 Å². The molecule has 0 fully saturated rings. The largest absolute Gasteiger partial charge is 0.374 e. The molecule has 0 saturated carbocycles. The molecule has 3 heteroatoms. The van der Waals surface area contributed by atoms with Crippen molar-refractivity contribution in [2.45, 2.75) is 18.8 Å². The van der Waals surface area contributed by atoms with E-state index in [2.05, 4.69) is 0 Å². The van der Waals surface area contributed by atoms with Crippen molar-refractivity contribution in [2.75, 3.05) is 5.75 Å². The van der Waals surface area contributed by atoms with Crippen LogP contribution in [-0.4, -0.2) is 22.1 Å². The smallest absolute Gasteiger partial charge is 0.201 e. The van der Waals surface area contributed by atoms with Crippen LogP contribution in [0.15, 0.2) is 30.3 Å². The Morgan fingerprint density at radius 1 is 1.43 bits per heavy atom. The molecular formula is C11H14O2S. The second kappa shape index (κ2) is 5.83. The number of rotatable bonds is 5. The molecule has 1 atom stereocenters. The van der Waals surface area contributed by atoms with Gasteiger partial charge in [-0.2, -0.15) is 0 Å². The normalized spacial score (nSPS) is 12.4. The van der Waals surface area contributed by atoms with E-state index >= 15 is 0 Å². The summed E-state index contributed by atoms with van der Waals surface area (Å²) in [5, 5.41) is 9.52. The van der Waals surface area contributed by atoms with E-state index in [1.165, 1.54) is 11.8 Å². The minimum Gasteiger partial charge on any atom is -0.374 e. The molecule has 0 heterocycles. The first-order valence-corrected chi connectivity index (χ1v) is 5.69. The van der Waals surface area contributed by atoms with Crippen molar-refractivity contribution >= 4 is 17.5 Å². The average molecular weight is 210 g/mol. The van der Waals surface area contributed by atoms with Gasteiger partial charge in [0.2, 0.25) is 5.78 Å². The first-order valence-electron chi connectivity index (χ1n) is 4.64. The Bertz CT molecular complexity index is 285. The molecule has 0 amide bonds. The Labute approximate surface area is 88.3 Å². The molecule has 0 bridgehead atoms. The molecule has 0 aliphatic rings. The number of hydrogen-bond acceptors (Lipinski definition) is 3. The summed E-state index contributed by atoms with van der Waals surface area (Å²) in [5.74, 6) is 0.601. The van der Waals surface area contributed by atoms with Crippen molar-refractivity contribution < 1.29 is 9.90 Å². The van der Waals surface area contributed by atoms with Crippen molar-refractivity contribution in [3.8, 4) is 0 Å². The lowest BCUT2D eigenvalue weighted by Gasteiger charge is -2.07. The summed E-state index contributed by atoms with van der Waals surface area (Å²) in [6, 6.07) is 8.88. The number of aliphatic hydroxyl groups excluding tert-OH is 1. The summed E-state index contributed by atoms with van der Waals surface area (Å²) < 4.78 is 0. The molecule has 76 valence electrons. The summed E-state index contributed by atoms with van der Waals surface area (Å²) in [7, 11) is 0. The first-order chi connectivity index (χ1) is 6.75. The van der Waals surface area contributed by atoms with E-state index in [9.17, 15) is 9.90 Å². The van der Waals surface area contributed by atoms with E-state index in [1.54, 1.807) is 24.3 Å². The Kier molecular flexibility index (Phi) is 4.70. The number of carbonyl (C=O) groups is 1. The highest BCUT2D eigenvalue weighted by atomic mass is 32.2. The topological polar surface area (TPSA) is 37.3 Å². The van der Waals surface area contributed by atoms with Gasteiger partial charge in [-0.3, -0.25) is 4.79 Å². The zero-order valence-corrected chi connectivity index (χ0v) is 8.96. The lowest BCUT2D eigenvalue weighted by atomic mass is 10.1. The molecule has 0 saturated heterocycles. The van der Waals surface area contributed by atoms with Gasteiger partial charge < -0.3 is 5.11 Å². The fraction of sp³-hybridized carbons (Fsp3) is 0.364. The van der Waals surface area contributed by atoms with Crippen LogP contribution >= 0.6 is 11.8 Å². The summed E-state index contributed by atoms with van der Waals surface area (Å²) in [4.78, 5) is 11.6. The first kappa shape index (κ1) is 11.3. The Balaban J connectivity index is 2.57. The highest BCUT2D eigenvalue weighted by molar-refractivity contribution is 8.00. The maximum atomic E-state index is 11.6. The molecule has 0 radical (unpaired) electrons. The van der Waals surface area contributed by atoms with Crippen LogP contribution < -0.4 is 0 Å². The van der Waals surface area contributed by atoms with Crippen molar-refractivity contribution in [2.24, 2.45) is 0 Å². The van der Waals surface area contributed by atoms with Crippen LogP contribution in [0.1, 0.15) is 23.7 Å². The van der Waals surface area contributed by atoms with Gasteiger partial charge in [-0.25, -0.2) is 0 Å². The Morgan fingerprint density at radius 3 is 2.64 bits per heavy atom. The molecule has 1 rings (SSSR count). The molecule has 0 aliphatic carbocycles. The van der Waals surface area contributed by atoms with Crippen molar-refractivity contribution in [1.82, 2.24) is 0 Å². The highest BCUT2D eigenvalue weighted by Crippen LogP contribution is 2.14. The van der Waals surface area contributed by atoms with Crippen LogP contribution in [0, 0.1) is 0 Å². The third-order valence-corrected chi connectivity index (χ3v) is 2.94. The lowest BCUT2D eigenvalue weighted by Crippen LogP contribution is -2.16. The molecule has 1 unspecified atom stereocenters. The second-order valence-corrected chi connectivity index (χ2v) is 4.14. The van der Waals surface area contributed by atoms with E-state index in [0.717, 1.165) is 12.2 Å². The number of ketones is 1. The second-order valence-electron chi connectivity index (χ2n) is 2.95. The van der Waals surface area contributed by atoms with Crippen LogP contribution in [-0.2, 0) is 0 Å². The Morgan fingerprint density at radius 2 is 2.07 bits per heavy atom. The minimum absolute atomic E-state index is 0.205. The van der Waals surface area contributed by atoms with Gasteiger partial charge in [0.1, 0.15) is 0 Å². The average Bonchev–Trinajstić information content (AvgIpc) is 2.26. The summed E-state index contributed by atoms with van der Waals surface area (Å²) in [6.45, 7) is 2.02. The third kappa shape index (κ3) is 3.16. The molecule has 1 aromatic rings. The quantitative estimate of drug-likeness (QED) is 0.598. The zero-order chi connectivity index (χ0) is 10.4. The Hall–Kier alpha value is -0.800. The number of carbonyl (C=O) groups excluding carboxylic acids is 1.